The van der Waals surface area contributed by atoms with Crippen molar-refractivity contribution in [3.8, 4) is 0 Å². The van der Waals surface area contributed by atoms with Crippen molar-refractivity contribution >= 4 is 27.8 Å². The Morgan fingerprint density at radius 3 is 2.56 bits per heavy atom. The van der Waals surface area contributed by atoms with Gasteiger partial charge in [0, 0.05) is 5.69 Å². The van der Waals surface area contributed by atoms with E-state index in [9.17, 15) is 4.79 Å². The highest BCUT2D eigenvalue weighted by Crippen LogP contribution is 2.30. The van der Waals surface area contributed by atoms with Gasteiger partial charge in [0.1, 0.15) is 5.00 Å². The topological polar surface area (TPSA) is 29.1 Å². The Morgan fingerprint density at radius 1 is 1.25 bits per heavy atom. The summed E-state index contributed by atoms with van der Waals surface area (Å²) in [5, 5.41) is 6.20. The van der Waals surface area contributed by atoms with Crippen LogP contribution in [0.1, 0.15) is 22.8 Å². The number of carbonyl (C=O) groups is 1. The summed E-state index contributed by atoms with van der Waals surface area (Å²) in [6.45, 7) is 3.56. The second-order valence-electron chi connectivity index (χ2n) is 3.67. The fourth-order valence-corrected chi connectivity index (χ4v) is 2.64. The lowest BCUT2D eigenvalue weighted by Crippen LogP contribution is -1.98. The fraction of sp³-hybridized carbons (Fsp3) is 0.154. The molecule has 0 saturated carbocycles. The maximum atomic E-state index is 11.5. The molecule has 2 aromatic rings. The van der Waals surface area contributed by atoms with E-state index in [0.29, 0.717) is 0 Å². The van der Waals surface area contributed by atoms with Gasteiger partial charge in [-0.2, -0.15) is 0 Å². The summed E-state index contributed by atoms with van der Waals surface area (Å²) in [7, 11) is 0. The maximum Gasteiger partial charge on any atom is 0.163 e. The van der Waals surface area contributed by atoms with Gasteiger partial charge in [0.25, 0.3) is 0 Å². The van der Waals surface area contributed by atoms with Crippen LogP contribution < -0.4 is 5.32 Å². The molecule has 0 saturated heterocycles. The number of nitrogens with one attached hydrogen (secondary N) is 1. The molecule has 1 aromatic carbocycles. The Kier molecular flexibility index (Phi) is 3.06. The number of ketones is 1. The van der Waals surface area contributed by atoms with Gasteiger partial charge in [-0.05, 0) is 36.9 Å². The van der Waals surface area contributed by atoms with Crippen LogP contribution in [-0.4, -0.2) is 5.78 Å². The van der Waals surface area contributed by atoms with Gasteiger partial charge in [-0.3, -0.25) is 4.79 Å². The van der Waals surface area contributed by atoms with Crippen LogP contribution in [0.4, 0.5) is 10.7 Å². The smallest absolute Gasteiger partial charge is 0.163 e. The summed E-state index contributed by atoms with van der Waals surface area (Å²) in [6.07, 6.45) is 0. The molecule has 0 radical (unpaired) electrons. The SMILES string of the molecule is CC(=O)c1c(C)csc1Nc1ccccc1. The van der Waals surface area contributed by atoms with Gasteiger partial charge < -0.3 is 5.32 Å². The minimum Gasteiger partial charge on any atom is -0.347 e. The molecule has 0 atom stereocenters. The molecule has 0 aliphatic heterocycles. The van der Waals surface area contributed by atoms with E-state index in [1.165, 1.54) is 0 Å². The summed E-state index contributed by atoms with van der Waals surface area (Å²) in [5.74, 6) is 0.109. The molecule has 0 aliphatic rings. The second kappa shape index (κ2) is 4.49. The van der Waals surface area contributed by atoms with E-state index in [-0.39, 0.29) is 5.78 Å². The molecule has 0 bridgehead atoms. The van der Waals surface area contributed by atoms with E-state index in [1.807, 2.05) is 42.6 Å². The van der Waals surface area contributed by atoms with Gasteiger partial charge in [-0.15, -0.1) is 11.3 Å². The third-order valence-electron chi connectivity index (χ3n) is 2.36. The number of benzene rings is 1. The second-order valence-corrected chi connectivity index (χ2v) is 4.55. The van der Waals surface area contributed by atoms with Crippen molar-refractivity contribution in [1.29, 1.82) is 0 Å². The zero-order chi connectivity index (χ0) is 11.5. The Labute approximate surface area is 98.9 Å². The van der Waals surface area contributed by atoms with Crippen molar-refractivity contribution in [2.45, 2.75) is 13.8 Å². The molecule has 2 nitrogen and oxygen atoms in total. The summed E-state index contributed by atoms with van der Waals surface area (Å²) < 4.78 is 0. The lowest BCUT2D eigenvalue weighted by molar-refractivity contribution is 0.101. The number of carbonyl (C=O) groups excluding carboxylic acids is 1. The number of Topliss-reactive ketones (excluding diaryl/α,β-unsaturated/α-hetero) is 1. The van der Waals surface area contributed by atoms with E-state index in [4.69, 9.17) is 0 Å². The molecule has 82 valence electrons. The summed E-state index contributed by atoms with van der Waals surface area (Å²) in [5.41, 5.74) is 2.84. The third-order valence-corrected chi connectivity index (χ3v) is 3.37. The first-order chi connectivity index (χ1) is 7.68. The molecular weight excluding hydrogens is 218 g/mol. The lowest BCUT2D eigenvalue weighted by atomic mass is 10.1. The first-order valence-corrected chi connectivity index (χ1v) is 5.97. The molecule has 0 spiro atoms. The predicted molar refractivity (Wildman–Crippen MR) is 68.8 cm³/mol. The molecule has 0 amide bonds. The van der Waals surface area contributed by atoms with Crippen LogP contribution in [0.5, 0.6) is 0 Å². The molecule has 0 fully saturated rings. The van der Waals surface area contributed by atoms with Crippen LogP contribution in [0.15, 0.2) is 35.7 Å². The van der Waals surface area contributed by atoms with Crippen molar-refractivity contribution < 1.29 is 4.79 Å². The number of hydrogen-bond donors (Lipinski definition) is 1. The minimum absolute atomic E-state index is 0.109. The van der Waals surface area contributed by atoms with Crippen molar-refractivity contribution in [2.24, 2.45) is 0 Å². The van der Waals surface area contributed by atoms with Crippen LogP contribution in [0, 0.1) is 6.92 Å². The first-order valence-electron chi connectivity index (χ1n) is 5.09. The van der Waals surface area contributed by atoms with Gasteiger partial charge in [0.05, 0.1) is 5.56 Å². The van der Waals surface area contributed by atoms with E-state index < -0.39 is 0 Å². The van der Waals surface area contributed by atoms with Gasteiger partial charge in [0.2, 0.25) is 0 Å². The molecular formula is C13H13NOS. The predicted octanol–water partition coefficient (Wildman–Crippen LogP) is 4.00. The van der Waals surface area contributed by atoms with E-state index in [2.05, 4.69) is 5.32 Å². The van der Waals surface area contributed by atoms with Crippen LogP contribution >= 0.6 is 11.3 Å². The summed E-state index contributed by atoms with van der Waals surface area (Å²) in [6, 6.07) is 9.88. The van der Waals surface area contributed by atoms with Crippen molar-refractivity contribution in [1.82, 2.24) is 0 Å². The number of hydrogen-bond acceptors (Lipinski definition) is 3. The zero-order valence-electron chi connectivity index (χ0n) is 9.28. The van der Waals surface area contributed by atoms with Gasteiger partial charge in [0.15, 0.2) is 5.78 Å². The number of thiophene rings is 1. The van der Waals surface area contributed by atoms with Crippen molar-refractivity contribution in [3.63, 3.8) is 0 Å². The molecule has 1 N–H and O–H groups in total. The van der Waals surface area contributed by atoms with E-state index >= 15 is 0 Å². The van der Waals surface area contributed by atoms with Gasteiger partial charge in [-0.1, -0.05) is 18.2 Å². The largest absolute Gasteiger partial charge is 0.347 e. The van der Waals surface area contributed by atoms with E-state index in [0.717, 1.165) is 21.8 Å². The Bertz CT molecular complexity index is 502. The number of para-hydroxylation sites is 1. The summed E-state index contributed by atoms with van der Waals surface area (Å²) in [4.78, 5) is 11.5. The Morgan fingerprint density at radius 2 is 1.94 bits per heavy atom. The fourth-order valence-electron chi connectivity index (χ4n) is 1.63. The summed E-state index contributed by atoms with van der Waals surface area (Å²) >= 11 is 1.57. The van der Waals surface area contributed by atoms with Crippen LogP contribution in [0.3, 0.4) is 0 Å². The Hall–Kier alpha value is -1.61. The normalized spacial score (nSPS) is 10.1. The lowest BCUT2D eigenvalue weighted by Gasteiger charge is -2.05. The molecule has 1 aromatic heterocycles. The highest BCUT2D eigenvalue weighted by atomic mass is 32.1. The van der Waals surface area contributed by atoms with Crippen LogP contribution in [-0.2, 0) is 0 Å². The van der Waals surface area contributed by atoms with Crippen LogP contribution in [0.25, 0.3) is 0 Å². The first kappa shape index (κ1) is 10.9. The third kappa shape index (κ3) is 2.14. The van der Waals surface area contributed by atoms with E-state index in [1.54, 1.807) is 18.3 Å². The molecule has 3 heteroatoms. The quantitative estimate of drug-likeness (QED) is 0.809. The molecule has 1 heterocycles. The van der Waals surface area contributed by atoms with Crippen LogP contribution in [0.2, 0.25) is 0 Å². The number of aryl methyl sites for hydroxylation is 1. The Balaban J connectivity index is 2.32. The molecule has 16 heavy (non-hydrogen) atoms. The molecule has 0 unspecified atom stereocenters. The highest BCUT2D eigenvalue weighted by Gasteiger charge is 2.12. The van der Waals surface area contributed by atoms with Gasteiger partial charge in [-0.25, -0.2) is 0 Å². The van der Waals surface area contributed by atoms with Crippen molar-refractivity contribution in [3.05, 3.63) is 46.8 Å². The van der Waals surface area contributed by atoms with Gasteiger partial charge >= 0.3 is 0 Å². The monoisotopic (exact) mass is 231 g/mol. The van der Waals surface area contributed by atoms with Crippen molar-refractivity contribution in [2.75, 3.05) is 5.32 Å². The average molecular weight is 231 g/mol. The zero-order valence-corrected chi connectivity index (χ0v) is 10.1. The number of rotatable bonds is 3. The maximum absolute atomic E-state index is 11.5. The minimum atomic E-state index is 0.109. The standard InChI is InChI=1S/C13H13NOS/c1-9-8-16-13(12(9)10(2)15)14-11-6-4-3-5-7-11/h3-8,14H,1-2H3. The molecule has 2 rings (SSSR count). The molecule has 0 aliphatic carbocycles. The average Bonchev–Trinajstić information content (AvgIpc) is 2.61. The number of anilines is 2. The highest BCUT2D eigenvalue weighted by molar-refractivity contribution is 7.14.